The van der Waals surface area contributed by atoms with E-state index in [1.54, 1.807) is 6.20 Å². The molecule has 0 bridgehead atoms. The Labute approximate surface area is 102 Å². The number of para-hydroxylation sites is 1. The van der Waals surface area contributed by atoms with E-state index >= 15 is 0 Å². The summed E-state index contributed by atoms with van der Waals surface area (Å²) in [6, 6.07) is 9.41. The topological polar surface area (TPSA) is 29.5 Å². The fraction of sp³-hybridized carbons (Fsp3) is 0.357. The number of carbonyl (C=O) groups is 1. The van der Waals surface area contributed by atoms with Crippen LogP contribution in [0.1, 0.15) is 12.8 Å². The van der Waals surface area contributed by atoms with Gasteiger partial charge in [0, 0.05) is 26.2 Å². The molecule has 1 aromatic carbocycles. The lowest BCUT2D eigenvalue weighted by molar-refractivity contribution is -0.118. The summed E-state index contributed by atoms with van der Waals surface area (Å²) < 4.78 is 5.66. The van der Waals surface area contributed by atoms with Crippen LogP contribution in [-0.4, -0.2) is 24.8 Å². The monoisotopic (exact) mass is 231 g/mol. The van der Waals surface area contributed by atoms with Crippen molar-refractivity contribution in [2.24, 2.45) is 5.92 Å². The molecule has 0 saturated heterocycles. The minimum atomic E-state index is 0.113. The van der Waals surface area contributed by atoms with E-state index in [4.69, 9.17) is 4.74 Å². The standard InChI is InChI=1S/C14H17NO2/c1-15(2)10-13(14(16)11-8-9-11)17-12-6-4-3-5-7-12/h3-7,10-11H,8-9H2,1-2H3/b13-10-. The van der Waals surface area contributed by atoms with Crippen LogP contribution in [0.15, 0.2) is 42.3 Å². The molecule has 2 rings (SSSR count). The molecule has 1 fully saturated rings. The van der Waals surface area contributed by atoms with Gasteiger partial charge in [0.15, 0.2) is 5.76 Å². The highest BCUT2D eigenvalue weighted by Gasteiger charge is 2.33. The first-order valence-electron chi connectivity index (χ1n) is 5.82. The van der Waals surface area contributed by atoms with Gasteiger partial charge in [-0.05, 0) is 25.0 Å². The number of benzene rings is 1. The maximum Gasteiger partial charge on any atom is 0.202 e. The number of ketones is 1. The second-order valence-electron chi connectivity index (χ2n) is 4.51. The second-order valence-corrected chi connectivity index (χ2v) is 4.51. The molecule has 1 aliphatic carbocycles. The molecule has 1 aromatic rings. The highest BCUT2D eigenvalue weighted by Crippen LogP contribution is 2.33. The second kappa shape index (κ2) is 5.04. The Morgan fingerprint density at radius 2 is 1.94 bits per heavy atom. The highest BCUT2D eigenvalue weighted by molar-refractivity contribution is 5.97. The zero-order valence-electron chi connectivity index (χ0n) is 10.2. The number of ether oxygens (including phenoxy) is 1. The molecule has 0 N–H and O–H groups in total. The Morgan fingerprint density at radius 1 is 1.29 bits per heavy atom. The molecule has 0 amide bonds. The largest absolute Gasteiger partial charge is 0.452 e. The van der Waals surface area contributed by atoms with E-state index in [-0.39, 0.29) is 11.7 Å². The van der Waals surface area contributed by atoms with E-state index in [1.807, 2.05) is 49.3 Å². The Bertz CT molecular complexity index is 419. The summed E-state index contributed by atoms with van der Waals surface area (Å²) in [6.45, 7) is 0. The summed E-state index contributed by atoms with van der Waals surface area (Å²) in [5, 5.41) is 0. The number of nitrogens with zero attached hydrogens (tertiary/aromatic N) is 1. The average Bonchev–Trinajstić information content (AvgIpc) is 3.12. The lowest BCUT2D eigenvalue weighted by Gasteiger charge is -2.12. The van der Waals surface area contributed by atoms with Crippen molar-refractivity contribution in [3.05, 3.63) is 42.3 Å². The predicted molar refractivity (Wildman–Crippen MR) is 66.6 cm³/mol. The molecule has 0 atom stereocenters. The van der Waals surface area contributed by atoms with Crippen molar-refractivity contribution in [2.45, 2.75) is 12.8 Å². The van der Waals surface area contributed by atoms with Crippen molar-refractivity contribution in [1.29, 1.82) is 0 Å². The van der Waals surface area contributed by atoms with E-state index in [1.165, 1.54) is 0 Å². The molecule has 1 saturated carbocycles. The normalized spacial score (nSPS) is 15.5. The van der Waals surface area contributed by atoms with Crippen molar-refractivity contribution in [3.8, 4) is 5.75 Å². The maximum atomic E-state index is 12.0. The SMILES string of the molecule is CN(C)/C=C(\Oc1ccccc1)C(=O)C1CC1. The van der Waals surface area contributed by atoms with Crippen LogP contribution < -0.4 is 4.74 Å². The molecule has 17 heavy (non-hydrogen) atoms. The van der Waals surface area contributed by atoms with Crippen molar-refractivity contribution < 1.29 is 9.53 Å². The fourth-order valence-electron chi connectivity index (χ4n) is 1.54. The molecular formula is C14H17NO2. The Balaban J connectivity index is 2.13. The van der Waals surface area contributed by atoms with E-state index in [0.29, 0.717) is 11.5 Å². The molecule has 0 aliphatic heterocycles. The summed E-state index contributed by atoms with van der Waals surface area (Å²) in [7, 11) is 3.77. The Hall–Kier alpha value is -1.77. The zero-order valence-corrected chi connectivity index (χ0v) is 10.2. The highest BCUT2D eigenvalue weighted by atomic mass is 16.5. The van der Waals surface area contributed by atoms with Gasteiger partial charge < -0.3 is 9.64 Å². The van der Waals surface area contributed by atoms with Crippen LogP contribution in [0, 0.1) is 5.92 Å². The fourth-order valence-corrected chi connectivity index (χ4v) is 1.54. The summed E-state index contributed by atoms with van der Waals surface area (Å²) in [4.78, 5) is 13.9. The summed E-state index contributed by atoms with van der Waals surface area (Å²) >= 11 is 0. The molecule has 0 aromatic heterocycles. The van der Waals surface area contributed by atoms with Gasteiger partial charge in [0.1, 0.15) is 5.75 Å². The maximum absolute atomic E-state index is 12.0. The third-order valence-corrected chi connectivity index (χ3v) is 2.54. The molecule has 0 radical (unpaired) electrons. The first kappa shape index (κ1) is 11.7. The zero-order chi connectivity index (χ0) is 12.3. The van der Waals surface area contributed by atoms with Gasteiger partial charge in [0.25, 0.3) is 0 Å². The number of rotatable bonds is 5. The summed E-state index contributed by atoms with van der Waals surface area (Å²) in [5.74, 6) is 1.42. The number of Topliss-reactive ketones (excluding diaryl/α,β-unsaturated/α-hetero) is 1. The lowest BCUT2D eigenvalue weighted by Crippen LogP contribution is -2.15. The van der Waals surface area contributed by atoms with Crippen LogP contribution in [0.2, 0.25) is 0 Å². The number of carbonyl (C=O) groups excluding carboxylic acids is 1. The van der Waals surface area contributed by atoms with Crippen molar-refractivity contribution in [2.75, 3.05) is 14.1 Å². The van der Waals surface area contributed by atoms with Gasteiger partial charge in [-0.25, -0.2) is 0 Å². The van der Waals surface area contributed by atoms with Crippen molar-refractivity contribution >= 4 is 5.78 Å². The van der Waals surface area contributed by atoms with Crippen LogP contribution >= 0.6 is 0 Å². The number of allylic oxidation sites excluding steroid dienone is 1. The number of hydrogen-bond donors (Lipinski definition) is 0. The van der Waals surface area contributed by atoms with Crippen LogP contribution in [0.4, 0.5) is 0 Å². The number of hydrogen-bond acceptors (Lipinski definition) is 3. The van der Waals surface area contributed by atoms with Gasteiger partial charge in [-0.1, -0.05) is 18.2 Å². The van der Waals surface area contributed by atoms with E-state index in [2.05, 4.69) is 0 Å². The molecule has 0 unspecified atom stereocenters. The first-order valence-corrected chi connectivity index (χ1v) is 5.82. The molecule has 90 valence electrons. The van der Waals surface area contributed by atoms with Crippen molar-refractivity contribution in [1.82, 2.24) is 4.90 Å². The van der Waals surface area contributed by atoms with Crippen LogP contribution in [0.3, 0.4) is 0 Å². The van der Waals surface area contributed by atoms with E-state index < -0.39 is 0 Å². The summed E-state index contributed by atoms with van der Waals surface area (Å²) in [6.07, 6.45) is 3.72. The smallest absolute Gasteiger partial charge is 0.202 e. The van der Waals surface area contributed by atoms with Gasteiger partial charge >= 0.3 is 0 Å². The predicted octanol–water partition coefficient (Wildman–Crippen LogP) is 2.45. The Morgan fingerprint density at radius 3 is 2.47 bits per heavy atom. The van der Waals surface area contributed by atoms with Gasteiger partial charge in [0.05, 0.1) is 0 Å². The van der Waals surface area contributed by atoms with Gasteiger partial charge in [-0.15, -0.1) is 0 Å². The molecule has 3 nitrogen and oxygen atoms in total. The van der Waals surface area contributed by atoms with Gasteiger partial charge in [0.2, 0.25) is 5.78 Å². The Kier molecular flexibility index (Phi) is 3.47. The van der Waals surface area contributed by atoms with Crippen LogP contribution in [0.5, 0.6) is 5.75 Å². The van der Waals surface area contributed by atoms with E-state index in [9.17, 15) is 4.79 Å². The minimum Gasteiger partial charge on any atom is -0.452 e. The minimum absolute atomic E-state index is 0.113. The molecule has 0 spiro atoms. The van der Waals surface area contributed by atoms with Gasteiger partial charge in [-0.2, -0.15) is 0 Å². The molecule has 0 heterocycles. The molecule has 3 heteroatoms. The summed E-state index contributed by atoms with van der Waals surface area (Å²) in [5.41, 5.74) is 0. The van der Waals surface area contributed by atoms with Crippen molar-refractivity contribution in [3.63, 3.8) is 0 Å². The van der Waals surface area contributed by atoms with E-state index in [0.717, 1.165) is 12.8 Å². The quantitative estimate of drug-likeness (QED) is 0.576. The molecular weight excluding hydrogens is 214 g/mol. The molecule has 1 aliphatic rings. The van der Waals surface area contributed by atoms with Crippen LogP contribution in [-0.2, 0) is 4.79 Å². The van der Waals surface area contributed by atoms with Crippen LogP contribution in [0.25, 0.3) is 0 Å². The third-order valence-electron chi connectivity index (χ3n) is 2.54. The third kappa shape index (κ3) is 3.34. The lowest BCUT2D eigenvalue weighted by atomic mass is 10.2. The van der Waals surface area contributed by atoms with Gasteiger partial charge in [-0.3, -0.25) is 4.79 Å². The first-order chi connectivity index (χ1) is 8.16. The average molecular weight is 231 g/mol.